The third-order valence-corrected chi connectivity index (χ3v) is 5.98. The van der Waals surface area contributed by atoms with Crippen molar-refractivity contribution >= 4 is 32.4 Å². The number of hydrogen-bond acceptors (Lipinski definition) is 9. The van der Waals surface area contributed by atoms with Gasteiger partial charge in [0.15, 0.2) is 11.5 Å². The molecular formula is C20H24NO9P. The highest BCUT2D eigenvalue weighted by Crippen LogP contribution is 2.52. The monoisotopic (exact) mass is 453 g/mol. The van der Waals surface area contributed by atoms with Gasteiger partial charge in [0.25, 0.3) is 0 Å². The van der Waals surface area contributed by atoms with Crippen molar-refractivity contribution in [2.75, 3.05) is 19.5 Å². The molecule has 0 saturated carbocycles. The Balaban J connectivity index is 2.85. The van der Waals surface area contributed by atoms with Gasteiger partial charge in [0.05, 0.1) is 22.7 Å². The number of aliphatic hydroxyl groups is 1. The average molecular weight is 453 g/mol. The van der Waals surface area contributed by atoms with Gasteiger partial charge in [-0.3, -0.25) is 4.79 Å². The number of anilines is 1. The van der Waals surface area contributed by atoms with Gasteiger partial charge in [-0.05, 0) is 11.5 Å². The lowest BCUT2D eigenvalue weighted by atomic mass is 9.99. The number of carbonyl (C=O) groups is 3. The summed E-state index contributed by atoms with van der Waals surface area (Å²) >= 11 is 0. The molecule has 0 aromatic heterocycles. The molecule has 168 valence electrons. The lowest BCUT2D eigenvalue weighted by Crippen LogP contribution is -2.24. The topological polar surface area (TPSA) is 137 Å². The minimum Gasteiger partial charge on any atom is -0.437 e. The van der Waals surface area contributed by atoms with Gasteiger partial charge in [0, 0.05) is 18.1 Å². The molecule has 10 nitrogen and oxygen atoms in total. The van der Waals surface area contributed by atoms with Crippen LogP contribution in [-0.4, -0.2) is 37.5 Å². The van der Waals surface area contributed by atoms with Gasteiger partial charge >= 0.3 is 12.3 Å². The minimum absolute atomic E-state index is 0.0837. The van der Waals surface area contributed by atoms with E-state index >= 15 is 0 Å². The molecule has 2 rings (SSSR count). The van der Waals surface area contributed by atoms with Crippen LogP contribution >= 0.6 is 8.46 Å². The van der Waals surface area contributed by atoms with Gasteiger partial charge in [-0.2, -0.15) is 0 Å². The maximum absolute atomic E-state index is 11.8. The van der Waals surface area contributed by atoms with Crippen LogP contribution in [0, 0.1) is 5.92 Å². The molecule has 0 fully saturated rings. The average Bonchev–Trinajstić information content (AvgIpc) is 2.88. The number of hydrogen-bond donors (Lipinski definition) is 2. The number of ether oxygens (including phenoxy) is 4. The van der Waals surface area contributed by atoms with Crippen LogP contribution in [0.1, 0.15) is 26.3 Å². The Labute approximate surface area is 180 Å². The van der Waals surface area contributed by atoms with Crippen LogP contribution in [-0.2, 0) is 24.2 Å². The van der Waals surface area contributed by atoms with Crippen molar-refractivity contribution in [1.29, 1.82) is 0 Å². The molecule has 2 unspecified atom stereocenters. The first-order chi connectivity index (χ1) is 14.6. The predicted molar refractivity (Wildman–Crippen MR) is 113 cm³/mol. The molecule has 0 saturated heterocycles. The largest absolute Gasteiger partial charge is 0.513 e. The molecule has 0 radical (unpaired) electrons. The zero-order valence-electron chi connectivity index (χ0n) is 17.7. The van der Waals surface area contributed by atoms with E-state index in [0.717, 1.165) is 14.2 Å². The summed E-state index contributed by atoms with van der Waals surface area (Å²) < 4.78 is 31.3. The molecular weight excluding hydrogens is 429 g/mol. The van der Waals surface area contributed by atoms with E-state index in [-0.39, 0.29) is 34.2 Å². The van der Waals surface area contributed by atoms with E-state index in [2.05, 4.69) is 14.8 Å². The maximum Gasteiger partial charge on any atom is 0.513 e. The van der Waals surface area contributed by atoms with E-state index in [1.165, 1.54) is 31.2 Å². The van der Waals surface area contributed by atoms with Crippen molar-refractivity contribution in [3.8, 4) is 22.6 Å². The molecule has 2 N–H and O–H groups in total. The normalized spacial score (nSPS) is 13.1. The Morgan fingerprint density at radius 3 is 1.74 bits per heavy atom. The molecule has 11 heteroatoms. The minimum atomic E-state index is -1.59. The molecule has 0 aromatic rings. The summed E-state index contributed by atoms with van der Waals surface area (Å²) in [6.45, 7) is 4.67. The summed E-state index contributed by atoms with van der Waals surface area (Å²) in [4.78, 5) is 35.4. The van der Waals surface area contributed by atoms with Gasteiger partial charge in [-0.25, -0.2) is 9.59 Å². The first kappa shape index (κ1) is 24.2. The van der Waals surface area contributed by atoms with Gasteiger partial charge < -0.3 is 33.9 Å². The number of amides is 1. The molecule has 2 atom stereocenters. The Morgan fingerprint density at radius 1 is 0.968 bits per heavy atom. The molecule has 1 amide bonds. The summed E-state index contributed by atoms with van der Waals surface area (Å²) in [5.74, 6) is -1.15. The summed E-state index contributed by atoms with van der Waals surface area (Å²) in [6.07, 6.45) is -2.14. The zero-order chi connectivity index (χ0) is 23.3. The van der Waals surface area contributed by atoms with E-state index < -0.39 is 32.0 Å². The SMILES string of the molecule is COC(=O)Oc1c2ccc(C(O)([PH2]=O)C(C)C)ccc-2c(OC(=O)OC)c1NC(C)=O. The molecule has 2 aliphatic rings. The Bertz CT molecular complexity index is 935. The van der Waals surface area contributed by atoms with Crippen LogP contribution in [0.15, 0.2) is 24.3 Å². The number of fused-ring (bicyclic) bond motifs is 1. The van der Waals surface area contributed by atoms with Gasteiger partial charge in [-0.15, -0.1) is 0 Å². The highest BCUT2D eigenvalue weighted by Gasteiger charge is 2.34. The maximum atomic E-state index is 11.8. The molecule has 0 aromatic carbocycles. The van der Waals surface area contributed by atoms with E-state index in [0.29, 0.717) is 5.56 Å². The molecule has 0 aliphatic heterocycles. The van der Waals surface area contributed by atoms with Crippen LogP contribution in [0.3, 0.4) is 0 Å². The zero-order valence-corrected chi connectivity index (χ0v) is 18.8. The summed E-state index contributed by atoms with van der Waals surface area (Å²) in [5.41, 5.74) is 0.773. The van der Waals surface area contributed by atoms with E-state index in [4.69, 9.17) is 9.47 Å². The second-order valence-electron chi connectivity index (χ2n) is 6.87. The van der Waals surface area contributed by atoms with Crippen molar-refractivity contribution in [2.45, 2.75) is 26.1 Å². The Morgan fingerprint density at radius 2 is 1.42 bits per heavy atom. The fraction of sp³-hybridized carbons (Fsp3) is 0.350. The van der Waals surface area contributed by atoms with Crippen molar-refractivity contribution in [3.63, 3.8) is 0 Å². The van der Waals surface area contributed by atoms with Crippen LogP contribution in [0.25, 0.3) is 11.1 Å². The second kappa shape index (κ2) is 9.80. The molecule has 0 heterocycles. The van der Waals surface area contributed by atoms with Gasteiger partial charge in [0.2, 0.25) is 5.91 Å². The summed E-state index contributed by atoms with van der Waals surface area (Å²) in [5, 5.41) is 11.8. The predicted octanol–water partition coefficient (Wildman–Crippen LogP) is 3.60. The first-order valence-electron chi connectivity index (χ1n) is 9.17. The third kappa shape index (κ3) is 4.98. The first-order valence-corrected chi connectivity index (χ1v) is 10.2. The van der Waals surface area contributed by atoms with Gasteiger partial charge in [-0.1, -0.05) is 38.1 Å². The second-order valence-corrected chi connectivity index (χ2v) is 7.99. The van der Waals surface area contributed by atoms with E-state index in [1.54, 1.807) is 13.8 Å². The fourth-order valence-corrected chi connectivity index (χ4v) is 3.51. The van der Waals surface area contributed by atoms with Crippen LogP contribution in [0.4, 0.5) is 15.3 Å². The van der Waals surface area contributed by atoms with Crippen molar-refractivity contribution in [3.05, 3.63) is 29.8 Å². The van der Waals surface area contributed by atoms with Crippen LogP contribution < -0.4 is 14.8 Å². The Kier molecular flexibility index (Phi) is 7.65. The quantitative estimate of drug-likeness (QED) is 0.496. The number of methoxy groups -OCH3 is 2. The lowest BCUT2D eigenvalue weighted by Gasteiger charge is -2.26. The number of nitrogens with one attached hydrogen (secondary N) is 1. The molecule has 2 aliphatic carbocycles. The third-order valence-electron chi connectivity index (χ3n) is 4.62. The van der Waals surface area contributed by atoms with Crippen molar-refractivity contribution in [2.24, 2.45) is 5.92 Å². The number of rotatable bonds is 6. The summed E-state index contributed by atoms with van der Waals surface area (Å²) in [6, 6.07) is 6.00. The van der Waals surface area contributed by atoms with Crippen LogP contribution in [0.2, 0.25) is 0 Å². The molecule has 0 bridgehead atoms. The van der Waals surface area contributed by atoms with Gasteiger partial charge in [0.1, 0.15) is 11.0 Å². The van der Waals surface area contributed by atoms with E-state index in [9.17, 15) is 24.1 Å². The van der Waals surface area contributed by atoms with E-state index in [1.807, 2.05) is 0 Å². The summed E-state index contributed by atoms with van der Waals surface area (Å²) in [7, 11) is 0.619. The Hall–Kier alpha value is -3.10. The fourth-order valence-electron chi connectivity index (χ4n) is 2.91. The molecule has 0 spiro atoms. The number of carbonyl (C=O) groups excluding carboxylic acids is 3. The highest BCUT2D eigenvalue weighted by molar-refractivity contribution is 7.25. The highest BCUT2D eigenvalue weighted by atomic mass is 31.1. The smallest absolute Gasteiger partial charge is 0.437 e. The molecule has 31 heavy (non-hydrogen) atoms. The van der Waals surface area contributed by atoms with Crippen molar-refractivity contribution in [1.82, 2.24) is 0 Å². The lowest BCUT2D eigenvalue weighted by molar-refractivity contribution is -0.114. The van der Waals surface area contributed by atoms with Crippen molar-refractivity contribution < 1.29 is 43.0 Å². The standard InChI is InChI=1S/C20H24NO9P/c1-10(2)20(25,31-26)12-6-8-13-14(9-7-12)17(30-19(24)28-5)15(21-11(3)22)16(13)29-18(23)27-4/h6-10,25H,31H2,1-5H3,(H,21,22). The van der Waals surface area contributed by atoms with Crippen LogP contribution in [0.5, 0.6) is 11.5 Å².